The Morgan fingerprint density at radius 1 is 1.04 bits per heavy atom. The van der Waals surface area contributed by atoms with E-state index in [0.717, 1.165) is 37.2 Å². The predicted molar refractivity (Wildman–Crippen MR) is 115 cm³/mol. The van der Waals surface area contributed by atoms with Gasteiger partial charge in [-0.3, -0.25) is 4.79 Å². The second kappa shape index (κ2) is 8.97. The number of halogens is 2. The number of amides is 1. The van der Waals surface area contributed by atoms with E-state index in [9.17, 15) is 4.79 Å². The second-order valence-electron chi connectivity index (χ2n) is 7.38. The minimum atomic E-state index is -0.114. The predicted octanol–water partition coefficient (Wildman–Crippen LogP) is 4.31. The van der Waals surface area contributed by atoms with Gasteiger partial charge < -0.3 is 15.5 Å². The number of carbonyl (C=O) groups is 1. The van der Waals surface area contributed by atoms with Gasteiger partial charge in [0.05, 0.1) is 10.0 Å². The summed E-state index contributed by atoms with van der Waals surface area (Å²) in [6.45, 7) is 1.97. The highest BCUT2D eigenvalue weighted by molar-refractivity contribution is 6.42. The summed E-state index contributed by atoms with van der Waals surface area (Å²) in [7, 11) is 3.86. The summed E-state index contributed by atoms with van der Waals surface area (Å²) >= 11 is 11.9. The molecule has 0 unspecified atom stereocenters. The highest BCUT2D eigenvalue weighted by Crippen LogP contribution is 2.25. The molecule has 1 heterocycles. The smallest absolute Gasteiger partial charge is 0.251 e. The number of aromatic nitrogens is 2. The van der Waals surface area contributed by atoms with Gasteiger partial charge in [-0.25, -0.2) is 4.98 Å². The Kier molecular flexibility index (Phi) is 6.62. The molecule has 1 aliphatic rings. The van der Waals surface area contributed by atoms with Crippen molar-refractivity contribution in [2.75, 3.05) is 24.3 Å². The third-order valence-corrected chi connectivity index (χ3v) is 5.58. The lowest BCUT2D eigenvalue weighted by atomic mass is 9.91. The first-order valence-electron chi connectivity index (χ1n) is 9.37. The van der Waals surface area contributed by atoms with Crippen molar-refractivity contribution in [2.45, 2.75) is 44.7 Å². The minimum Gasteiger partial charge on any atom is -0.367 e. The van der Waals surface area contributed by atoms with Crippen molar-refractivity contribution in [1.82, 2.24) is 15.3 Å². The number of rotatable bonds is 5. The molecule has 0 spiro atoms. The second-order valence-corrected chi connectivity index (χ2v) is 8.20. The Balaban J connectivity index is 1.53. The molecule has 0 aliphatic heterocycles. The van der Waals surface area contributed by atoms with E-state index in [4.69, 9.17) is 23.2 Å². The Morgan fingerprint density at radius 2 is 1.71 bits per heavy atom. The van der Waals surface area contributed by atoms with Crippen LogP contribution in [0.1, 0.15) is 41.7 Å². The minimum absolute atomic E-state index is 0.114. The van der Waals surface area contributed by atoms with Gasteiger partial charge >= 0.3 is 0 Å². The van der Waals surface area contributed by atoms with Crippen LogP contribution in [0.2, 0.25) is 10.0 Å². The molecule has 6 nitrogen and oxygen atoms in total. The SMILES string of the molecule is Cc1cc(N[C@H]2CC[C@@H](NC(=O)c3ccc(Cl)c(Cl)c3)CC2)nc(N(C)C)n1. The molecule has 0 bridgehead atoms. The number of anilines is 2. The van der Waals surface area contributed by atoms with E-state index in [-0.39, 0.29) is 11.9 Å². The molecule has 1 saturated carbocycles. The lowest BCUT2D eigenvalue weighted by Gasteiger charge is -2.30. The van der Waals surface area contributed by atoms with Gasteiger partial charge in [-0.15, -0.1) is 0 Å². The largest absolute Gasteiger partial charge is 0.367 e. The monoisotopic (exact) mass is 421 g/mol. The molecule has 3 rings (SSSR count). The normalized spacial score (nSPS) is 19.2. The molecule has 8 heteroatoms. The number of nitrogens with zero attached hydrogens (tertiary/aromatic N) is 3. The molecule has 1 fully saturated rings. The third-order valence-electron chi connectivity index (χ3n) is 4.84. The van der Waals surface area contributed by atoms with Crippen molar-refractivity contribution in [2.24, 2.45) is 0 Å². The van der Waals surface area contributed by atoms with Crippen LogP contribution in [0.4, 0.5) is 11.8 Å². The summed E-state index contributed by atoms with van der Waals surface area (Å²) in [5, 5.41) is 7.45. The number of hydrogen-bond donors (Lipinski definition) is 2. The molecule has 2 N–H and O–H groups in total. The average molecular weight is 422 g/mol. The molecule has 1 aromatic carbocycles. The van der Waals surface area contributed by atoms with E-state index < -0.39 is 0 Å². The standard InChI is InChI=1S/C20H25Cl2N5O/c1-12-10-18(26-20(23-12)27(2)3)24-14-5-7-15(8-6-14)25-19(28)13-4-9-16(21)17(22)11-13/h4,9-11,14-15H,5-8H2,1-3H3,(H,25,28)(H,23,24,26)/t14-,15+. The van der Waals surface area contributed by atoms with Crippen molar-refractivity contribution in [3.8, 4) is 0 Å². The fourth-order valence-electron chi connectivity index (χ4n) is 3.32. The first-order chi connectivity index (χ1) is 13.3. The molecule has 0 radical (unpaired) electrons. The number of aryl methyl sites for hydroxylation is 1. The third kappa shape index (κ3) is 5.26. The van der Waals surface area contributed by atoms with Crippen LogP contribution in [0.5, 0.6) is 0 Å². The van der Waals surface area contributed by atoms with Crippen LogP contribution in [0.25, 0.3) is 0 Å². The van der Waals surface area contributed by atoms with E-state index in [1.54, 1.807) is 18.2 Å². The molecule has 150 valence electrons. The van der Waals surface area contributed by atoms with Crippen LogP contribution in [-0.4, -0.2) is 42.1 Å². The van der Waals surface area contributed by atoms with Crippen molar-refractivity contribution in [1.29, 1.82) is 0 Å². The van der Waals surface area contributed by atoms with Crippen LogP contribution in [0.15, 0.2) is 24.3 Å². The molecule has 28 heavy (non-hydrogen) atoms. The van der Waals surface area contributed by atoms with E-state index in [2.05, 4.69) is 20.6 Å². The zero-order valence-electron chi connectivity index (χ0n) is 16.3. The molecular weight excluding hydrogens is 397 g/mol. The van der Waals surface area contributed by atoms with Crippen molar-refractivity contribution in [3.05, 3.63) is 45.6 Å². The van der Waals surface area contributed by atoms with E-state index in [0.29, 0.717) is 27.6 Å². The Bertz CT molecular complexity index is 850. The van der Waals surface area contributed by atoms with Crippen LogP contribution in [-0.2, 0) is 0 Å². The first-order valence-corrected chi connectivity index (χ1v) is 10.1. The van der Waals surface area contributed by atoms with Gasteiger partial charge in [0.1, 0.15) is 5.82 Å². The van der Waals surface area contributed by atoms with Gasteiger partial charge in [0.2, 0.25) is 5.95 Å². The fraction of sp³-hybridized carbons (Fsp3) is 0.450. The molecule has 0 saturated heterocycles. The summed E-state index contributed by atoms with van der Waals surface area (Å²) in [6.07, 6.45) is 3.75. The molecule has 0 atom stereocenters. The van der Waals surface area contributed by atoms with Crippen molar-refractivity contribution in [3.63, 3.8) is 0 Å². The first kappa shape index (κ1) is 20.7. The average Bonchev–Trinajstić information content (AvgIpc) is 2.65. The van der Waals surface area contributed by atoms with Gasteiger partial charge in [-0.05, 0) is 50.8 Å². The summed E-state index contributed by atoms with van der Waals surface area (Å²) in [5.41, 5.74) is 1.46. The molecule has 2 aromatic rings. The van der Waals surface area contributed by atoms with Crippen LogP contribution < -0.4 is 15.5 Å². The summed E-state index contributed by atoms with van der Waals surface area (Å²) in [6, 6.07) is 7.39. The Labute approximate surface area is 175 Å². The summed E-state index contributed by atoms with van der Waals surface area (Å²) < 4.78 is 0. The van der Waals surface area contributed by atoms with Crippen molar-refractivity contribution >= 4 is 40.9 Å². The molecular formula is C20H25Cl2N5O. The number of carbonyl (C=O) groups excluding carboxylic acids is 1. The Hall–Kier alpha value is -2.05. The number of benzene rings is 1. The quantitative estimate of drug-likeness (QED) is 0.752. The van der Waals surface area contributed by atoms with Gasteiger partial charge in [-0.1, -0.05) is 23.2 Å². The van der Waals surface area contributed by atoms with Gasteiger partial charge in [0, 0.05) is 43.5 Å². The van der Waals surface area contributed by atoms with Crippen molar-refractivity contribution < 1.29 is 4.79 Å². The summed E-state index contributed by atoms with van der Waals surface area (Å²) in [4.78, 5) is 23.3. The summed E-state index contributed by atoms with van der Waals surface area (Å²) in [5.74, 6) is 1.43. The van der Waals surface area contributed by atoms with E-state index >= 15 is 0 Å². The Morgan fingerprint density at radius 3 is 2.36 bits per heavy atom. The maximum absolute atomic E-state index is 12.4. The van der Waals surface area contributed by atoms with Crippen LogP contribution >= 0.6 is 23.2 Å². The topological polar surface area (TPSA) is 70.2 Å². The maximum Gasteiger partial charge on any atom is 0.251 e. The van der Waals surface area contributed by atoms with E-state index in [1.165, 1.54) is 0 Å². The van der Waals surface area contributed by atoms with Gasteiger partial charge in [0.25, 0.3) is 5.91 Å². The number of hydrogen-bond acceptors (Lipinski definition) is 5. The van der Waals surface area contributed by atoms with E-state index in [1.807, 2.05) is 32.0 Å². The lowest BCUT2D eigenvalue weighted by molar-refractivity contribution is 0.0926. The number of nitrogens with one attached hydrogen (secondary N) is 2. The van der Waals surface area contributed by atoms with Gasteiger partial charge in [0.15, 0.2) is 0 Å². The van der Waals surface area contributed by atoms with Crippen LogP contribution in [0.3, 0.4) is 0 Å². The highest BCUT2D eigenvalue weighted by atomic mass is 35.5. The molecule has 1 aliphatic carbocycles. The highest BCUT2D eigenvalue weighted by Gasteiger charge is 2.23. The molecule has 1 aromatic heterocycles. The van der Waals surface area contributed by atoms with Crippen LogP contribution in [0, 0.1) is 6.92 Å². The zero-order chi connectivity index (χ0) is 20.3. The molecule has 1 amide bonds. The maximum atomic E-state index is 12.4. The van der Waals surface area contributed by atoms with Gasteiger partial charge in [-0.2, -0.15) is 4.98 Å². The fourth-order valence-corrected chi connectivity index (χ4v) is 3.62. The zero-order valence-corrected chi connectivity index (χ0v) is 17.8. The lowest BCUT2D eigenvalue weighted by Crippen LogP contribution is -2.40.